The first kappa shape index (κ1) is 20.9. The highest BCUT2D eigenvalue weighted by Gasteiger charge is 2.30. The van der Waals surface area contributed by atoms with Crippen LogP contribution in [0.5, 0.6) is 5.75 Å². The van der Waals surface area contributed by atoms with Crippen molar-refractivity contribution in [1.29, 1.82) is 0 Å². The molecule has 0 heterocycles. The fourth-order valence-corrected chi connectivity index (χ4v) is 2.66. The molecular weight excluding hydrogens is 394 g/mol. The molecule has 0 radical (unpaired) electrons. The van der Waals surface area contributed by atoms with Gasteiger partial charge in [0.1, 0.15) is 18.0 Å². The van der Waals surface area contributed by atoms with Crippen molar-refractivity contribution in [3.05, 3.63) is 67.2 Å². The van der Waals surface area contributed by atoms with E-state index in [0.717, 1.165) is 19.2 Å². The minimum absolute atomic E-state index is 0.0999. The lowest BCUT2D eigenvalue weighted by atomic mass is 10.1. The zero-order valence-corrected chi connectivity index (χ0v) is 15.7. The normalized spacial score (nSPS) is 10.2. The third kappa shape index (κ3) is 4.86. The van der Waals surface area contributed by atoms with E-state index in [4.69, 9.17) is 16.3 Å². The molecule has 11 heteroatoms. The van der Waals surface area contributed by atoms with Gasteiger partial charge in [0.2, 0.25) is 0 Å². The molecular formula is C17H16ClN3O7. The van der Waals surface area contributed by atoms with Gasteiger partial charge in [0.25, 0.3) is 11.4 Å². The van der Waals surface area contributed by atoms with E-state index in [-0.39, 0.29) is 24.4 Å². The Hall–Kier alpha value is -3.40. The summed E-state index contributed by atoms with van der Waals surface area (Å²) in [5.74, 6) is -0.420. The van der Waals surface area contributed by atoms with Crippen molar-refractivity contribution in [2.24, 2.45) is 0 Å². The SMILES string of the molecule is COC(=O)c1cc([N+](=O)[O-])cc([N+](=O)[O-])c1N(C)CCOc1cccc(Cl)c1. The monoisotopic (exact) mass is 409 g/mol. The van der Waals surface area contributed by atoms with Crippen LogP contribution in [0.25, 0.3) is 0 Å². The standard InChI is InChI=1S/C17H16ClN3O7/c1-19(6-7-28-13-5-3-4-11(18)8-13)16-14(17(22)27-2)9-12(20(23)24)10-15(16)21(25)26/h3-5,8-10H,6-7H2,1-2H3. The first-order valence-electron chi connectivity index (χ1n) is 7.89. The predicted molar refractivity (Wildman–Crippen MR) is 101 cm³/mol. The number of hydrogen-bond donors (Lipinski definition) is 0. The molecule has 0 aliphatic heterocycles. The van der Waals surface area contributed by atoms with Crippen LogP contribution in [-0.4, -0.2) is 43.1 Å². The third-order valence-electron chi connectivity index (χ3n) is 3.76. The van der Waals surface area contributed by atoms with Crippen LogP contribution in [0, 0.1) is 20.2 Å². The van der Waals surface area contributed by atoms with Gasteiger partial charge in [-0.1, -0.05) is 17.7 Å². The van der Waals surface area contributed by atoms with E-state index in [1.165, 1.54) is 11.9 Å². The maximum Gasteiger partial charge on any atom is 0.340 e. The zero-order valence-electron chi connectivity index (χ0n) is 15.0. The van der Waals surface area contributed by atoms with Crippen LogP contribution in [0.2, 0.25) is 5.02 Å². The fourth-order valence-electron chi connectivity index (χ4n) is 2.48. The van der Waals surface area contributed by atoms with Gasteiger partial charge in [-0.2, -0.15) is 0 Å². The molecule has 0 unspecified atom stereocenters. The van der Waals surface area contributed by atoms with Crippen LogP contribution < -0.4 is 9.64 Å². The molecule has 0 aliphatic carbocycles. The van der Waals surface area contributed by atoms with E-state index < -0.39 is 27.2 Å². The van der Waals surface area contributed by atoms with Crippen LogP contribution in [0.15, 0.2) is 36.4 Å². The van der Waals surface area contributed by atoms with Crippen molar-refractivity contribution >= 4 is 34.6 Å². The number of non-ortho nitro benzene ring substituents is 1. The molecule has 2 rings (SSSR count). The molecule has 2 aromatic rings. The van der Waals surface area contributed by atoms with E-state index in [0.29, 0.717) is 10.8 Å². The number of likely N-dealkylation sites (N-methyl/N-ethyl adjacent to an activating group) is 1. The van der Waals surface area contributed by atoms with E-state index in [1.54, 1.807) is 24.3 Å². The predicted octanol–water partition coefficient (Wildman–Crippen LogP) is 3.46. The molecule has 0 aromatic heterocycles. The molecule has 148 valence electrons. The molecule has 28 heavy (non-hydrogen) atoms. The van der Waals surface area contributed by atoms with E-state index >= 15 is 0 Å². The summed E-state index contributed by atoms with van der Waals surface area (Å²) in [6.45, 7) is 0.265. The number of carbonyl (C=O) groups excluding carboxylic acids is 1. The maximum atomic E-state index is 12.1. The number of hydrogen-bond acceptors (Lipinski definition) is 8. The summed E-state index contributed by atoms with van der Waals surface area (Å²) in [5.41, 5.74) is -1.55. The molecule has 0 spiro atoms. The fraction of sp³-hybridized carbons (Fsp3) is 0.235. The number of nitrogens with zero attached hydrogens (tertiary/aromatic N) is 3. The molecule has 0 fully saturated rings. The van der Waals surface area contributed by atoms with Gasteiger partial charge in [-0.15, -0.1) is 0 Å². The smallest absolute Gasteiger partial charge is 0.340 e. The van der Waals surface area contributed by atoms with Crippen molar-refractivity contribution in [2.75, 3.05) is 32.2 Å². The first-order chi connectivity index (χ1) is 13.2. The number of methoxy groups -OCH3 is 1. The second-order valence-electron chi connectivity index (χ2n) is 5.59. The Morgan fingerprint density at radius 1 is 1.18 bits per heavy atom. The molecule has 2 aromatic carbocycles. The Labute approximate surface area is 164 Å². The molecule has 0 aliphatic rings. The van der Waals surface area contributed by atoms with Crippen molar-refractivity contribution in [3.63, 3.8) is 0 Å². The van der Waals surface area contributed by atoms with Crippen molar-refractivity contribution in [1.82, 2.24) is 0 Å². The van der Waals surface area contributed by atoms with Crippen LogP contribution in [0.4, 0.5) is 17.1 Å². The van der Waals surface area contributed by atoms with Crippen LogP contribution >= 0.6 is 11.6 Å². The molecule has 0 atom stereocenters. The summed E-state index contributed by atoms with van der Waals surface area (Å²) in [5, 5.41) is 23.0. The van der Waals surface area contributed by atoms with Crippen molar-refractivity contribution < 1.29 is 24.1 Å². The largest absolute Gasteiger partial charge is 0.492 e. The number of ether oxygens (including phenoxy) is 2. The topological polar surface area (TPSA) is 125 Å². The number of benzene rings is 2. The van der Waals surface area contributed by atoms with Gasteiger partial charge in [0.05, 0.1) is 35.1 Å². The van der Waals surface area contributed by atoms with Gasteiger partial charge in [-0.25, -0.2) is 4.79 Å². The highest BCUT2D eigenvalue weighted by Crippen LogP contribution is 2.36. The zero-order chi connectivity index (χ0) is 20.8. The molecule has 10 nitrogen and oxygen atoms in total. The lowest BCUT2D eigenvalue weighted by Crippen LogP contribution is -2.26. The van der Waals surface area contributed by atoms with Gasteiger partial charge >= 0.3 is 5.97 Å². The maximum absolute atomic E-state index is 12.1. The highest BCUT2D eigenvalue weighted by molar-refractivity contribution is 6.30. The van der Waals surface area contributed by atoms with Crippen LogP contribution in [-0.2, 0) is 4.74 Å². The number of carbonyl (C=O) groups is 1. The number of rotatable bonds is 8. The van der Waals surface area contributed by atoms with Gasteiger partial charge in [0.15, 0.2) is 0 Å². The summed E-state index contributed by atoms with van der Waals surface area (Å²) in [7, 11) is 2.58. The lowest BCUT2D eigenvalue weighted by molar-refractivity contribution is -0.393. The summed E-state index contributed by atoms with van der Waals surface area (Å²) >= 11 is 5.88. The molecule has 0 amide bonds. The number of esters is 1. The Kier molecular flexibility index (Phi) is 6.72. The summed E-state index contributed by atoms with van der Waals surface area (Å²) < 4.78 is 10.2. The van der Waals surface area contributed by atoms with Crippen molar-refractivity contribution in [3.8, 4) is 5.75 Å². The number of nitro groups is 2. The average molecular weight is 410 g/mol. The summed E-state index contributed by atoms with van der Waals surface area (Å²) in [6.07, 6.45) is 0. The Morgan fingerprint density at radius 3 is 2.46 bits per heavy atom. The number of nitro benzene ring substituents is 2. The minimum Gasteiger partial charge on any atom is -0.492 e. The van der Waals surface area contributed by atoms with E-state index in [9.17, 15) is 25.0 Å². The molecule has 0 N–H and O–H groups in total. The van der Waals surface area contributed by atoms with Gasteiger partial charge in [-0.3, -0.25) is 20.2 Å². The Morgan fingerprint density at radius 2 is 1.89 bits per heavy atom. The quantitative estimate of drug-likeness (QED) is 0.368. The van der Waals surface area contributed by atoms with Crippen molar-refractivity contribution in [2.45, 2.75) is 0 Å². The van der Waals surface area contributed by atoms with Gasteiger partial charge in [0, 0.05) is 18.1 Å². The summed E-state index contributed by atoms with van der Waals surface area (Å²) in [4.78, 5) is 34.4. The van der Waals surface area contributed by atoms with E-state index in [2.05, 4.69) is 4.74 Å². The molecule has 0 bridgehead atoms. The Bertz CT molecular complexity index is 920. The molecule has 0 saturated carbocycles. The first-order valence-corrected chi connectivity index (χ1v) is 8.27. The molecule has 0 saturated heterocycles. The highest BCUT2D eigenvalue weighted by atomic mass is 35.5. The lowest BCUT2D eigenvalue weighted by Gasteiger charge is -2.21. The second-order valence-corrected chi connectivity index (χ2v) is 6.03. The second kappa shape index (κ2) is 9.00. The average Bonchev–Trinajstić information content (AvgIpc) is 2.66. The van der Waals surface area contributed by atoms with Crippen LogP contribution in [0.3, 0.4) is 0 Å². The third-order valence-corrected chi connectivity index (χ3v) is 4.00. The number of anilines is 1. The minimum atomic E-state index is -0.926. The number of halogens is 1. The van der Waals surface area contributed by atoms with E-state index in [1.807, 2.05) is 0 Å². The van der Waals surface area contributed by atoms with Gasteiger partial charge < -0.3 is 14.4 Å². The van der Waals surface area contributed by atoms with Gasteiger partial charge in [-0.05, 0) is 18.2 Å². The summed E-state index contributed by atoms with van der Waals surface area (Å²) in [6, 6.07) is 8.44. The van der Waals surface area contributed by atoms with Crippen LogP contribution in [0.1, 0.15) is 10.4 Å². The Balaban J connectivity index is 2.33.